The minimum Gasteiger partial charge on any atom is -0.464 e. The van der Waals surface area contributed by atoms with E-state index in [1.807, 2.05) is 18.2 Å². The Morgan fingerprint density at radius 1 is 1.25 bits per heavy atom. The van der Waals surface area contributed by atoms with E-state index in [0.29, 0.717) is 6.42 Å². The zero-order valence-corrected chi connectivity index (χ0v) is 8.77. The number of hydrogen-bond acceptors (Lipinski definition) is 3. The fourth-order valence-electron chi connectivity index (χ4n) is 2.18. The summed E-state index contributed by atoms with van der Waals surface area (Å²) in [6, 6.07) is 5.55. The van der Waals surface area contributed by atoms with Crippen molar-refractivity contribution in [1.29, 1.82) is 0 Å². The Balaban J connectivity index is 2.23. The van der Waals surface area contributed by atoms with Gasteiger partial charge >= 0.3 is 0 Å². The van der Waals surface area contributed by atoms with Crippen LogP contribution in [0.4, 0.5) is 0 Å². The quantitative estimate of drug-likeness (QED) is 0.731. The zero-order valence-electron chi connectivity index (χ0n) is 8.77. The van der Waals surface area contributed by atoms with E-state index >= 15 is 0 Å². The lowest BCUT2D eigenvalue weighted by Crippen LogP contribution is -2.13. The average Bonchev–Trinajstić information content (AvgIpc) is 2.82. The second-order valence-electron chi connectivity index (χ2n) is 3.93. The first-order chi connectivity index (χ1) is 7.86. The number of furan rings is 1. The summed E-state index contributed by atoms with van der Waals surface area (Å²) in [4.78, 5) is 16.2. The molecule has 2 aromatic rings. The lowest BCUT2D eigenvalue weighted by molar-refractivity contribution is 0.0972. The van der Waals surface area contributed by atoms with E-state index in [-0.39, 0.29) is 5.78 Å². The number of rotatable bonds is 1. The molecule has 3 heteroatoms. The highest BCUT2D eigenvalue weighted by atomic mass is 16.3. The predicted molar refractivity (Wildman–Crippen MR) is 59.2 cm³/mol. The molecule has 0 radical (unpaired) electrons. The van der Waals surface area contributed by atoms with Crippen LogP contribution in [0.3, 0.4) is 0 Å². The van der Waals surface area contributed by atoms with Gasteiger partial charge in [-0.1, -0.05) is 0 Å². The standard InChI is InChI=1S/C13H11NO2/c15-11-4-1-3-10-13(11)9(6-7-14-10)12-5-2-8-16-12/h2,5-8H,1,3-4H2. The summed E-state index contributed by atoms with van der Waals surface area (Å²) in [5.74, 6) is 0.926. The maximum atomic E-state index is 11.9. The molecule has 0 atom stereocenters. The minimum atomic E-state index is 0.181. The van der Waals surface area contributed by atoms with Crippen molar-refractivity contribution in [3.8, 4) is 11.3 Å². The Morgan fingerprint density at radius 3 is 3.00 bits per heavy atom. The third kappa shape index (κ3) is 1.36. The number of pyridine rings is 1. The van der Waals surface area contributed by atoms with Gasteiger partial charge < -0.3 is 4.42 Å². The molecular weight excluding hydrogens is 202 g/mol. The number of ketones is 1. The van der Waals surface area contributed by atoms with E-state index in [1.54, 1.807) is 12.5 Å². The van der Waals surface area contributed by atoms with Crippen molar-refractivity contribution >= 4 is 5.78 Å². The fourth-order valence-corrected chi connectivity index (χ4v) is 2.18. The summed E-state index contributed by atoms with van der Waals surface area (Å²) in [6.45, 7) is 0. The highest BCUT2D eigenvalue weighted by molar-refractivity contribution is 6.03. The Kier molecular flexibility index (Phi) is 2.10. The summed E-state index contributed by atoms with van der Waals surface area (Å²) >= 11 is 0. The van der Waals surface area contributed by atoms with Crippen LogP contribution in [0.15, 0.2) is 35.1 Å². The van der Waals surface area contributed by atoms with E-state index in [9.17, 15) is 4.79 Å². The molecule has 0 aromatic carbocycles. The average molecular weight is 213 g/mol. The van der Waals surface area contributed by atoms with E-state index in [1.165, 1.54) is 0 Å². The molecule has 0 amide bonds. The van der Waals surface area contributed by atoms with Crippen molar-refractivity contribution in [2.24, 2.45) is 0 Å². The number of carbonyl (C=O) groups is 1. The number of aryl methyl sites for hydroxylation is 1. The molecule has 2 heterocycles. The first kappa shape index (κ1) is 9.33. The molecule has 1 aliphatic rings. The van der Waals surface area contributed by atoms with Crippen molar-refractivity contribution in [2.45, 2.75) is 19.3 Å². The highest BCUT2D eigenvalue weighted by Crippen LogP contribution is 2.30. The van der Waals surface area contributed by atoms with Crippen LogP contribution in [0.5, 0.6) is 0 Å². The molecule has 0 fully saturated rings. The molecule has 16 heavy (non-hydrogen) atoms. The van der Waals surface area contributed by atoms with Crippen LogP contribution < -0.4 is 0 Å². The van der Waals surface area contributed by atoms with Gasteiger partial charge in [-0.3, -0.25) is 9.78 Å². The predicted octanol–water partition coefficient (Wildman–Crippen LogP) is 2.86. The third-order valence-corrected chi connectivity index (χ3v) is 2.91. The summed E-state index contributed by atoms with van der Waals surface area (Å²) in [7, 11) is 0. The molecular formula is C13H11NO2. The molecule has 0 N–H and O–H groups in total. The number of Topliss-reactive ketones (excluding diaryl/α,β-unsaturated/α-hetero) is 1. The zero-order chi connectivity index (χ0) is 11.0. The lowest BCUT2D eigenvalue weighted by Gasteiger charge is -2.15. The summed E-state index contributed by atoms with van der Waals surface area (Å²) in [5, 5.41) is 0. The van der Waals surface area contributed by atoms with Gasteiger partial charge in [0, 0.05) is 18.2 Å². The van der Waals surface area contributed by atoms with Crippen molar-refractivity contribution in [2.75, 3.05) is 0 Å². The van der Waals surface area contributed by atoms with Crippen molar-refractivity contribution in [3.05, 3.63) is 41.9 Å². The van der Waals surface area contributed by atoms with Gasteiger partial charge in [-0.25, -0.2) is 0 Å². The second-order valence-corrected chi connectivity index (χ2v) is 3.93. The highest BCUT2D eigenvalue weighted by Gasteiger charge is 2.23. The topological polar surface area (TPSA) is 43.1 Å². The Hall–Kier alpha value is -1.90. The monoisotopic (exact) mass is 213 g/mol. The van der Waals surface area contributed by atoms with Gasteiger partial charge in [0.05, 0.1) is 17.5 Å². The van der Waals surface area contributed by atoms with Gasteiger partial charge in [0.2, 0.25) is 0 Å². The van der Waals surface area contributed by atoms with E-state index in [0.717, 1.165) is 35.4 Å². The molecule has 0 unspecified atom stereocenters. The minimum absolute atomic E-state index is 0.181. The van der Waals surface area contributed by atoms with Crippen LogP contribution in [0, 0.1) is 0 Å². The van der Waals surface area contributed by atoms with Crippen molar-refractivity contribution in [3.63, 3.8) is 0 Å². The molecule has 0 aliphatic heterocycles. The normalized spacial score (nSPS) is 14.9. The van der Waals surface area contributed by atoms with Gasteiger partial charge in [-0.05, 0) is 31.0 Å². The molecule has 0 bridgehead atoms. The van der Waals surface area contributed by atoms with Gasteiger partial charge in [0.25, 0.3) is 0 Å². The summed E-state index contributed by atoms with van der Waals surface area (Å²) < 4.78 is 5.35. The second kappa shape index (κ2) is 3.59. The molecule has 1 aliphatic carbocycles. The van der Waals surface area contributed by atoms with Crippen LogP contribution in [0.1, 0.15) is 28.9 Å². The number of fused-ring (bicyclic) bond motifs is 1. The largest absolute Gasteiger partial charge is 0.464 e. The van der Waals surface area contributed by atoms with E-state index in [2.05, 4.69) is 4.98 Å². The Morgan fingerprint density at radius 2 is 2.19 bits per heavy atom. The number of hydrogen-bond donors (Lipinski definition) is 0. The first-order valence-electron chi connectivity index (χ1n) is 5.41. The number of nitrogens with zero attached hydrogens (tertiary/aromatic N) is 1. The molecule has 3 rings (SSSR count). The molecule has 0 saturated carbocycles. The number of aromatic nitrogens is 1. The third-order valence-electron chi connectivity index (χ3n) is 2.91. The molecule has 3 nitrogen and oxygen atoms in total. The van der Waals surface area contributed by atoms with Crippen LogP contribution in [-0.2, 0) is 6.42 Å². The van der Waals surface area contributed by atoms with Crippen LogP contribution >= 0.6 is 0 Å². The van der Waals surface area contributed by atoms with Crippen LogP contribution in [0.25, 0.3) is 11.3 Å². The van der Waals surface area contributed by atoms with E-state index < -0.39 is 0 Å². The van der Waals surface area contributed by atoms with Crippen LogP contribution in [0.2, 0.25) is 0 Å². The molecule has 2 aromatic heterocycles. The van der Waals surface area contributed by atoms with Crippen LogP contribution in [-0.4, -0.2) is 10.8 Å². The summed E-state index contributed by atoms with van der Waals surface area (Å²) in [5.41, 5.74) is 2.54. The number of carbonyl (C=O) groups excluding carboxylic acids is 1. The maximum absolute atomic E-state index is 11.9. The fraction of sp³-hybridized carbons (Fsp3) is 0.231. The molecule has 80 valence electrons. The molecule has 0 saturated heterocycles. The Bertz CT molecular complexity index is 529. The van der Waals surface area contributed by atoms with Crippen molar-refractivity contribution < 1.29 is 9.21 Å². The smallest absolute Gasteiger partial charge is 0.165 e. The van der Waals surface area contributed by atoms with Gasteiger partial charge in [-0.2, -0.15) is 0 Å². The van der Waals surface area contributed by atoms with Gasteiger partial charge in [-0.15, -0.1) is 0 Å². The maximum Gasteiger partial charge on any atom is 0.165 e. The lowest BCUT2D eigenvalue weighted by atomic mass is 9.90. The van der Waals surface area contributed by atoms with Gasteiger partial charge in [0.1, 0.15) is 5.76 Å². The molecule has 0 spiro atoms. The van der Waals surface area contributed by atoms with Crippen molar-refractivity contribution in [1.82, 2.24) is 4.98 Å². The first-order valence-corrected chi connectivity index (χ1v) is 5.41. The summed E-state index contributed by atoms with van der Waals surface area (Å²) in [6.07, 6.45) is 5.77. The van der Waals surface area contributed by atoms with Gasteiger partial charge in [0.15, 0.2) is 5.78 Å². The van der Waals surface area contributed by atoms with E-state index in [4.69, 9.17) is 4.42 Å². The Labute approximate surface area is 93.1 Å². The SMILES string of the molecule is O=C1CCCc2nccc(-c3ccco3)c21.